The van der Waals surface area contributed by atoms with Gasteiger partial charge in [-0.3, -0.25) is 4.68 Å². The molecule has 0 N–H and O–H groups in total. The van der Waals surface area contributed by atoms with Crippen molar-refractivity contribution in [1.82, 2.24) is 19.9 Å². The lowest BCUT2D eigenvalue weighted by molar-refractivity contribution is 0.0487. The Balaban J connectivity index is 1.64. The van der Waals surface area contributed by atoms with Crippen molar-refractivity contribution in [3.05, 3.63) is 53.2 Å². The molecule has 3 rings (SSSR count). The van der Waals surface area contributed by atoms with Crippen LogP contribution in [-0.4, -0.2) is 32.5 Å². The van der Waals surface area contributed by atoms with E-state index in [1.54, 1.807) is 25.1 Å². The molecule has 2 heterocycles. The number of carbonyl (C=O) groups excluding carboxylic acids is 1. The first kappa shape index (κ1) is 15.9. The van der Waals surface area contributed by atoms with Crippen molar-refractivity contribution >= 4 is 5.97 Å². The SMILES string of the molecule is Cc1cc(C)n(CCOC(=O)c2cccc(-c3noc(C)n3)c2)n1. The topological polar surface area (TPSA) is 83.0 Å². The molecular formula is C17H18N4O3. The van der Waals surface area contributed by atoms with Crippen molar-refractivity contribution in [2.45, 2.75) is 27.3 Å². The van der Waals surface area contributed by atoms with E-state index in [0.717, 1.165) is 11.4 Å². The summed E-state index contributed by atoms with van der Waals surface area (Å²) in [5.41, 5.74) is 3.14. The van der Waals surface area contributed by atoms with Crippen LogP contribution in [0.15, 0.2) is 34.9 Å². The van der Waals surface area contributed by atoms with Gasteiger partial charge in [0.25, 0.3) is 0 Å². The van der Waals surface area contributed by atoms with Crippen LogP contribution in [0.1, 0.15) is 27.6 Å². The Bertz CT molecular complexity index is 866. The average Bonchev–Trinajstić information content (AvgIpc) is 3.13. The quantitative estimate of drug-likeness (QED) is 0.670. The summed E-state index contributed by atoms with van der Waals surface area (Å²) < 4.78 is 12.1. The number of esters is 1. The Morgan fingerprint density at radius 1 is 1.25 bits per heavy atom. The van der Waals surface area contributed by atoms with E-state index in [2.05, 4.69) is 15.2 Å². The molecular weight excluding hydrogens is 308 g/mol. The van der Waals surface area contributed by atoms with Crippen molar-refractivity contribution in [3.8, 4) is 11.4 Å². The van der Waals surface area contributed by atoms with Crippen LogP contribution in [0, 0.1) is 20.8 Å². The Morgan fingerprint density at radius 3 is 2.75 bits per heavy atom. The molecule has 1 aromatic carbocycles. The first-order chi connectivity index (χ1) is 11.5. The number of rotatable bonds is 5. The number of aryl methyl sites for hydroxylation is 3. The van der Waals surface area contributed by atoms with Gasteiger partial charge < -0.3 is 9.26 Å². The van der Waals surface area contributed by atoms with Crippen LogP contribution in [0.3, 0.4) is 0 Å². The minimum absolute atomic E-state index is 0.256. The lowest BCUT2D eigenvalue weighted by Crippen LogP contribution is -2.13. The molecule has 0 aliphatic rings. The number of hydrogen-bond acceptors (Lipinski definition) is 6. The zero-order chi connectivity index (χ0) is 17.1. The van der Waals surface area contributed by atoms with E-state index in [4.69, 9.17) is 9.26 Å². The predicted molar refractivity (Wildman–Crippen MR) is 86.5 cm³/mol. The molecule has 0 amide bonds. The molecule has 0 unspecified atom stereocenters. The Kier molecular flexibility index (Phi) is 4.41. The fourth-order valence-corrected chi connectivity index (χ4v) is 2.41. The fourth-order valence-electron chi connectivity index (χ4n) is 2.41. The highest BCUT2D eigenvalue weighted by Gasteiger charge is 2.12. The second-order valence-electron chi connectivity index (χ2n) is 5.50. The largest absolute Gasteiger partial charge is 0.460 e. The summed E-state index contributed by atoms with van der Waals surface area (Å²) in [6.45, 7) is 6.40. The molecule has 0 saturated heterocycles. The second-order valence-corrected chi connectivity index (χ2v) is 5.50. The van der Waals surface area contributed by atoms with Gasteiger partial charge in [0.15, 0.2) is 0 Å². The molecule has 0 radical (unpaired) electrons. The number of nitrogens with zero attached hydrogens (tertiary/aromatic N) is 4. The molecule has 0 saturated carbocycles. The second kappa shape index (κ2) is 6.66. The van der Waals surface area contributed by atoms with Gasteiger partial charge in [0.2, 0.25) is 11.7 Å². The number of aromatic nitrogens is 4. The van der Waals surface area contributed by atoms with Crippen LogP contribution in [0.25, 0.3) is 11.4 Å². The van der Waals surface area contributed by atoms with Gasteiger partial charge in [0.05, 0.1) is 17.8 Å². The maximum absolute atomic E-state index is 12.2. The zero-order valence-electron chi connectivity index (χ0n) is 13.8. The van der Waals surface area contributed by atoms with Gasteiger partial charge in [-0.15, -0.1) is 0 Å². The highest BCUT2D eigenvalue weighted by molar-refractivity contribution is 5.90. The summed E-state index contributed by atoms with van der Waals surface area (Å²) >= 11 is 0. The van der Waals surface area contributed by atoms with Crippen LogP contribution in [0.2, 0.25) is 0 Å². The van der Waals surface area contributed by atoms with Gasteiger partial charge in [0.1, 0.15) is 6.61 Å². The van der Waals surface area contributed by atoms with Crippen LogP contribution < -0.4 is 0 Å². The standard InChI is InChI=1S/C17H18N4O3/c1-11-9-12(2)21(19-11)7-8-23-17(22)15-6-4-5-14(10-15)16-18-13(3)24-20-16/h4-6,9-10H,7-8H2,1-3H3. The van der Waals surface area contributed by atoms with E-state index >= 15 is 0 Å². The molecule has 124 valence electrons. The van der Waals surface area contributed by atoms with Crippen molar-refractivity contribution in [2.24, 2.45) is 0 Å². The maximum Gasteiger partial charge on any atom is 0.338 e. The molecule has 0 atom stereocenters. The number of carbonyl (C=O) groups is 1. The molecule has 0 aliphatic heterocycles. The van der Waals surface area contributed by atoms with Crippen molar-refractivity contribution in [3.63, 3.8) is 0 Å². The van der Waals surface area contributed by atoms with Gasteiger partial charge in [0, 0.05) is 18.2 Å². The molecule has 0 aliphatic carbocycles. The highest BCUT2D eigenvalue weighted by Crippen LogP contribution is 2.17. The first-order valence-corrected chi connectivity index (χ1v) is 7.62. The van der Waals surface area contributed by atoms with E-state index in [9.17, 15) is 4.79 Å². The maximum atomic E-state index is 12.2. The molecule has 0 bridgehead atoms. The van der Waals surface area contributed by atoms with Crippen LogP contribution in [0.4, 0.5) is 0 Å². The smallest absolute Gasteiger partial charge is 0.338 e. The van der Waals surface area contributed by atoms with Gasteiger partial charge >= 0.3 is 5.97 Å². The lowest BCUT2D eigenvalue weighted by atomic mass is 10.1. The summed E-state index contributed by atoms with van der Waals surface area (Å²) in [7, 11) is 0. The predicted octanol–water partition coefficient (Wildman–Crippen LogP) is 2.72. The summed E-state index contributed by atoms with van der Waals surface area (Å²) in [4.78, 5) is 16.4. The van der Waals surface area contributed by atoms with Crippen LogP contribution >= 0.6 is 0 Å². The zero-order valence-corrected chi connectivity index (χ0v) is 13.8. The van der Waals surface area contributed by atoms with Crippen molar-refractivity contribution in [2.75, 3.05) is 6.61 Å². The van der Waals surface area contributed by atoms with Crippen LogP contribution in [0.5, 0.6) is 0 Å². The molecule has 24 heavy (non-hydrogen) atoms. The Morgan fingerprint density at radius 2 is 2.08 bits per heavy atom. The summed E-state index contributed by atoms with van der Waals surface area (Å²) in [6, 6.07) is 8.95. The van der Waals surface area contributed by atoms with Crippen molar-refractivity contribution in [1.29, 1.82) is 0 Å². The van der Waals surface area contributed by atoms with E-state index < -0.39 is 5.97 Å². The third-order valence-corrected chi connectivity index (χ3v) is 3.52. The molecule has 0 fully saturated rings. The van der Waals surface area contributed by atoms with Gasteiger partial charge in [-0.25, -0.2) is 4.79 Å². The van der Waals surface area contributed by atoms with Gasteiger partial charge in [-0.1, -0.05) is 17.3 Å². The van der Waals surface area contributed by atoms with Crippen molar-refractivity contribution < 1.29 is 14.1 Å². The van der Waals surface area contributed by atoms with E-state index in [1.165, 1.54) is 0 Å². The minimum atomic E-state index is -0.390. The minimum Gasteiger partial charge on any atom is -0.460 e. The highest BCUT2D eigenvalue weighted by atomic mass is 16.5. The number of hydrogen-bond donors (Lipinski definition) is 0. The van der Waals surface area contributed by atoms with Crippen LogP contribution in [-0.2, 0) is 11.3 Å². The summed E-state index contributed by atoms with van der Waals surface area (Å²) in [5.74, 6) is 0.534. The third-order valence-electron chi connectivity index (χ3n) is 3.52. The normalized spacial score (nSPS) is 10.8. The Hall–Kier alpha value is -2.96. The fraction of sp³-hybridized carbons (Fsp3) is 0.294. The third kappa shape index (κ3) is 3.51. The monoisotopic (exact) mass is 326 g/mol. The molecule has 7 heteroatoms. The van der Waals surface area contributed by atoms with E-state index in [0.29, 0.717) is 29.4 Å². The Labute approximate surface area is 139 Å². The first-order valence-electron chi connectivity index (χ1n) is 7.62. The lowest BCUT2D eigenvalue weighted by Gasteiger charge is -2.07. The molecule has 2 aromatic heterocycles. The number of benzene rings is 1. The van der Waals surface area contributed by atoms with Gasteiger partial charge in [-0.05, 0) is 32.0 Å². The van der Waals surface area contributed by atoms with E-state index in [-0.39, 0.29) is 6.61 Å². The summed E-state index contributed by atoms with van der Waals surface area (Å²) in [6.07, 6.45) is 0. The average molecular weight is 326 g/mol. The van der Waals surface area contributed by atoms with E-state index in [1.807, 2.05) is 30.7 Å². The summed E-state index contributed by atoms with van der Waals surface area (Å²) in [5, 5.41) is 8.18. The molecule has 3 aromatic rings. The molecule has 0 spiro atoms. The molecule has 7 nitrogen and oxygen atoms in total. The number of ether oxygens (including phenoxy) is 1. The van der Waals surface area contributed by atoms with Gasteiger partial charge in [-0.2, -0.15) is 10.1 Å².